The van der Waals surface area contributed by atoms with Gasteiger partial charge in [0, 0.05) is 11.8 Å². The molecule has 1 N–H and O–H groups in total. The van der Waals surface area contributed by atoms with Gasteiger partial charge in [-0.25, -0.2) is 0 Å². The van der Waals surface area contributed by atoms with Crippen molar-refractivity contribution in [2.75, 3.05) is 18.7 Å². The molecule has 1 atom stereocenters. The first-order valence-corrected chi connectivity index (χ1v) is 5.94. The molecule has 1 aromatic rings. The zero-order valence-corrected chi connectivity index (χ0v) is 9.93. The Morgan fingerprint density at radius 1 is 1.53 bits per heavy atom. The lowest BCUT2D eigenvalue weighted by atomic mass is 10.3. The van der Waals surface area contributed by atoms with E-state index in [1.807, 2.05) is 31.4 Å². The highest BCUT2D eigenvalue weighted by atomic mass is 32.2. The molecule has 0 spiro atoms. The summed E-state index contributed by atoms with van der Waals surface area (Å²) >= 11 is 1.52. The van der Waals surface area contributed by atoms with Crippen molar-refractivity contribution in [3.63, 3.8) is 0 Å². The van der Waals surface area contributed by atoms with Crippen LogP contribution in [0.1, 0.15) is 6.92 Å². The minimum atomic E-state index is -0.0452. The fourth-order valence-corrected chi connectivity index (χ4v) is 1.32. The number of benzene rings is 1. The Balaban J connectivity index is 2.68. The van der Waals surface area contributed by atoms with Gasteiger partial charge in [-0.15, -0.1) is 0 Å². The van der Waals surface area contributed by atoms with Crippen LogP contribution in [0.4, 0.5) is 5.69 Å². The maximum absolute atomic E-state index is 11.6. The van der Waals surface area contributed by atoms with E-state index in [-0.39, 0.29) is 11.2 Å². The summed E-state index contributed by atoms with van der Waals surface area (Å²) in [5.74, 6) is 0.750. The molecule has 4 heteroatoms. The average Bonchev–Trinajstić information content (AvgIpc) is 2.28. The molecule has 0 heterocycles. The van der Waals surface area contributed by atoms with Crippen molar-refractivity contribution in [1.29, 1.82) is 0 Å². The normalized spacial score (nSPS) is 11.9. The van der Waals surface area contributed by atoms with Crippen molar-refractivity contribution in [3.8, 4) is 5.75 Å². The van der Waals surface area contributed by atoms with Crippen LogP contribution in [-0.2, 0) is 4.79 Å². The largest absolute Gasteiger partial charge is 0.497 e. The SMILES string of the molecule is COc1cccc(NC(=O)C(C)SC)c1. The number of ether oxygens (including phenoxy) is 1. The molecule has 82 valence electrons. The van der Waals surface area contributed by atoms with Gasteiger partial charge in [0.25, 0.3) is 0 Å². The summed E-state index contributed by atoms with van der Waals surface area (Å²) in [6, 6.07) is 7.32. The number of nitrogens with one attached hydrogen (secondary N) is 1. The number of rotatable bonds is 4. The molecule has 0 radical (unpaired) electrons. The van der Waals surface area contributed by atoms with Gasteiger partial charge >= 0.3 is 0 Å². The van der Waals surface area contributed by atoms with Crippen LogP contribution in [0.15, 0.2) is 24.3 Å². The third-order valence-electron chi connectivity index (χ3n) is 2.06. The second-order valence-electron chi connectivity index (χ2n) is 3.10. The highest BCUT2D eigenvalue weighted by Crippen LogP contribution is 2.17. The van der Waals surface area contributed by atoms with Crippen LogP contribution in [-0.4, -0.2) is 24.5 Å². The fraction of sp³-hybridized carbons (Fsp3) is 0.364. The van der Waals surface area contributed by atoms with Gasteiger partial charge in [-0.05, 0) is 25.3 Å². The molecule has 1 aromatic carbocycles. The van der Waals surface area contributed by atoms with Crippen molar-refractivity contribution >= 4 is 23.4 Å². The zero-order valence-electron chi connectivity index (χ0n) is 9.11. The molecule has 3 nitrogen and oxygen atoms in total. The van der Waals surface area contributed by atoms with E-state index in [0.717, 1.165) is 11.4 Å². The van der Waals surface area contributed by atoms with Crippen LogP contribution in [0, 0.1) is 0 Å². The third kappa shape index (κ3) is 3.47. The van der Waals surface area contributed by atoms with Crippen LogP contribution in [0.5, 0.6) is 5.75 Å². The lowest BCUT2D eigenvalue weighted by Gasteiger charge is -2.10. The first-order chi connectivity index (χ1) is 7.17. The summed E-state index contributed by atoms with van der Waals surface area (Å²) in [6.45, 7) is 1.88. The summed E-state index contributed by atoms with van der Waals surface area (Å²) in [6.07, 6.45) is 1.91. The van der Waals surface area contributed by atoms with Crippen molar-refractivity contribution < 1.29 is 9.53 Å². The van der Waals surface area contributed by atoms with Crippen LogP contribution in [0.2, 0.25) is 0 Å². The minimum absolute atomic E-state index is 0.00996. The van der Waals surface area contributed by atoms with Gasteiger partial charge in [0.15, 0.2) is 0 Å². The zero-order chi connectivity index (χ0) is 11.3. The quantitative estimate of drug-likeness (QED) is 0.855. The molecule has 1 rings (SSSR count). The van der Waals surface area contributed by atoms with Crippen molar-refractivity contribution in [2.24, 2.45) is 0 Å². The van der Waals surface area contributed by atoms with E-state index in [9.17, 15) is 4.79 Å². The van der Waals surface area contributed by atoms with E-state index in [1.165, 1.54) is 11.8 Å². The van der Waals surface area contributed by atoms with Gasteiger partial charge in [0.1, 0.15) is 5.75 Å². The van der Waals surface area contributed by atoms with Crippen molar-refractivity contribution in [3.05, 3.63) is 24.3 Å². The topological polar surface area (TPSA) is 38.3 Å². The first-order valence-electron chi connectivity index (χ1n) is 4.65. The van der Waals surface area contributed by atoms with Gasteiger partial charge in [0.2, 0.25) is 5.91 Å². The van der Waals surface area contributed by atoms with E-state index < -0.39 is 0 Å². The Hall–Kier alpha value is -1.16. The maximum Gasteiger partial charge on any atom is 0.237 e. The number of methoxy groups -OCH3 is 1. The molecular formula is C11H15NO2S. The molecule has 0 bridgehead atoms. The molecule has 0 aliphatic heterocycles. The Morgan fingerprint density at radius 2 is 2.27 bits per heavy atom. The molecule has 0 saturated heterocycles. The number of anilines is 1. The van der Waals surface area contributed by atoms with Gasteiger partial charge in [-0.2, -0.15) is 11.8 Å². The molecule has 0 fully saturated rings. The number of amides is 1. The van der Waals surface area contributed by atoms with Gasteiger partial charge in [-0.1, -0.05) is 6.07 Å². The monoisotopic (exact) mass is 225 g/mol. The predicted octanol–water partition coefficient (Wildman–Crippen LogP) is 2.39. The number of hydrogen-bond donors (Lipinski definition) is 1. The minimum Gasteiger partial charge on any atom is -0.497 e. The molecule has 1 unspecified atom stereocenters. The second kappa shape index (κ2) is 5.66. The molecule has 0 saturated carbocycles. The van der Waals surface area contributed by atoms with Gasteiger partial charge in [-0.3, -0.25) is 4.79 Å². The Kier molecular flexibility index (Phi) is 4.49. The summed E-state index contributed by atoms with van der Waals surface area (Å²) in [5, 5.41) is 2.78. The summed E-state index contributed by atoms with van der Waals surface area (Å²) in [4.78, 5) is 11.6. The lowest BCUT2D eigenvalue weighted by Crippen LogP contribution is -2.21. The molecule has 0 aliphatic rings. The molecule has 0 aliphatic carbocycles. The van der Waals surface area contributed by atoms with E-state index in [2.05, 4.69) is 5.32 Å². The lowest BCUT2D eigenvalue weighted by molar-refractivity contribution is -0.115. The third-order valence-corrected chi connectivity index (χ3v) is 2.98. The van der Waals surface area contributed by atoms with Gasteiger partial charge in [0.05, 0.1) is 12.4 Å². The summed E-state index contributed by atoms with van der Waals surface area (Å²) in [5.41, 5.74) is 0.764. The number of carbonyl (C=O) groups excluding carboxylic acids is 1. The van der Waals surface area contributed by atoms with E-state index in [0.29, 0.717) is 0 Å². The first kappa shape index (κ1) is 11.9. The van der Waals surface area contributed by atoms with Crippen LogP contribution >= 0.6 is 11.8 Å². The van der Waals surface area contributed by atoms with Crippen molar-refractivity contribution in [1.82, 2.24) is 0 Å². The average molecular weight is 225 g/mol. The fourth-order valence-electron chi connectivity index (χ4n) is 1.05. The van der Waals surface area contributed by atoms with Crippen molar-refractivity contribution in [2.45, 2.75) is 12.2 Å². The van der Waals surface area contributed by atoms with Crippen LogP contribution in [0.3, 0.4) is 0 Å². The van der Waals surface area contributed by atoms with E-state index >= 15 is 0 Å². The molecule has 15 heavy (non-hydrogen) atoms. The van der Waals surface area contributed by atoms with E-state index in [1.54, 1.807) is 13.2 Å². The number of thioether (sulfide) groups is 1. The highest BCUT2D eigenvalue weighted by molar-refractivity contribution is 7.99. The highest BCUT2D eigenvalue weighted by Gasteiger charge is 2.10. The molecule has 1 amide bonds. The molecular weight excluding hydrogens is 210 g/mol. The maximum atomic E-state index is 11.6. The molecule has 0 aromatic heterocycles. The standard InChI is InChI=1S/C11H15NO2S/c1-8(15-3)11(13)12-9-5-4-6-10(7-9)14-2/h4-8H,1-3H3,(H,12,13). The van der Waals surface area contributed by atoms with Gasteiger partial charge < -0.3 is 10.1 Å². The second-order valence-corrected chi connectivity index (χ2v) is 4.28. The Labute approximate surface area is 94.2 Å². The summed E-state index contributed by atoms with van der Waals surface area (Å²) < 4.78 is 5.07. The Bertz CT molecular complexity index is 341. The number of hydrogen-bond acceptors (Lipinski definition) is 3. The van der Waals surface area contributed by atoms with Crippen LogP contribution < -0.4 is 10.1 Å². The van der Waals surface area contributed by atoms with Crippen LogP contribution in [0.25, 0.3) is 0 Å². The summed E-state index contributed by atoms with van der Waals surface area (Å²) in [7, 11) is 1.60. The van der Waals surface area contributed by atoms with E-state index in [4.69, 9.17) is 4.74 Å². The number of carbonyl (C=O) groups is 1. The smallest absolute Gasteiger partial charge is 0.237 e. The Morgan fingerprint density at radius 3 is 2.87 bits per heavy atom. The predicted molar refractivity (Wildman–Crippen MR) is 64.6 cm³/mol.